The molecule has 0 radical (unpaired) electrons. The molecular weight excluding hydrogens is 322 g/mol. The van der Waals surface area contributed by atoms with Crippen LogP contribution in [0.15, 0.2) is 24.3 Å². The van der Waals surface area contributed by atoms with Crippen molar-refractivity contribution in [3.63, 3.8) is 0 Å². The Morgan fingerprint density at radius 2 is 2.08 bits per heavy atom. The fourth-order valence-corrected chi connectivity index (χ4v) is 2.80. The van der Waals surface area contributed by atoms with Gasteiger partial charge in [0, 0.05) is 24.6 Å². The van der Waals surface area contributed by atoms with Crippen molar-refractivity contribution in [2.24, 2.45) is 5.73 Å². The molecule has 1 aliphatic rings. The van der Waals surface area contributed by atoms with Gasteiger partial charge >= 0.3 is 0 Å². The molecular formula is C17H21N5O3. The number of carbonyl (C=O) groups is 2. The number of primary amides is 1. The lowest BCUT2D eigenvalue weighted by molar-refractivity contribution is -0.134. The lowest BCUT2D eigenvalue weighted by Gasteiger charge is -2.28. The first-order chi connectivity index (χ1) is 12.0. The van der Waals surface area contributed by atoms with Crippen LogP contribution in [0.3, 0.4) is 0 Å². The highest BCUT2D eigenvalue weighted by Gasteiger charge is 2.25. The van der Waals surface area contributed by atoms with Crippen LogP contribution in [-0.4, -0.2) is 44.6 Å². The fourth-order valence-electron chi connectivity index (χ4n) is 2.80. The Hall–Kier alpha value is -2.90. The van der Waals surface area contributed by atoms with Crippen LogP contribution in [0.25, 0.3) is 0 Å². The molecule has 2 amide bonds. The molecule has 8 heteroatoms. The molecule has 0 aliphatic carbocycles. The zero-order valence-electron chi connectivity index (χ0n) is 14.3. The van der Waals surface area contributed by atoms with Crippen LogP contribution in [0, 0.1) is 0 Å². The number of amides is 2. The van der Waals surface area contributed by atoms with E-state index in [0.717, 1.165) is 11.6 Å². The predicted molar refractivity (Wildman–Crippen MR) is 90.0 cm³/mol. The molecule has 1 aliphatic heterocycles. The Kier molecular flexibility index (Phi) is 4.69. The van der Waals surface area contributed by atoms with Crippen LogP contribution in [0.4, 0.5) is 0 Å². The van der Waals surface area contributed by atoms with Crippen molar-refractivity contribution in [2.75, 3.05) is 13.2 Å². The highest BCUT2D eigenvalue weighted by molar-refractivity contribution is 5.93. The van der Waals surface area contributed by atoms with Gasteiger partial charge in [0.15, 0.2) is 12.4 Å². The van der Waals surface area contributed by atoms with Crippen LogP contribution < -0.4 is 10.5 Å². The summed E-state index contributed by atoms with van der Waals surface area (Å²) in [5.74, 6) is 1.80. The molecule has 2 aromatic rings. The number of benzene rings is 1. The Morgan fingerprint density at radius 3 is 2.80 bits per heavy atom. The van der Waals surface area contributed by atoms with Crippen molar-refractivity contribution < 1.29 is 14.3 Å². The molecule has 0 saturated heterocycles. The van der Waals surface area contributed by atoms with Crippen molar-refractivity contribution >= 4 is 11.8 Å². The zero-order valence-corrected chi connectivity index (χ0v) is 14.3. The van der Waals surface area contributed by atoms with Crippen molar-refractivity contribution in [2.45, 2.75) is 32.9 Å². The van der Waals surface area contributed by atoms with Gasteiger partial charge in [-0.15, -0.1) is 10.2 Å². The first kappa shape index (κ1) is 16.9. The van der Waals surface area contributed by atoms with Crippen LogP contribution in [0.5, 0.6) is 5.75 Å². The second kappa shape index (κ2) is 6.92. The van der Waals surface area contributed by atoms with Gasteiger partial charge in [0.1, 0.15) is 11.6 Å². The minimum atomic E-state index is -0.534. The van der Waals surface area contributed by atoms with Gasteiger partial charge in [-0.2, -0.15) is 0 Å². The average Bonchev–Trinajstić information content (AvgIpc) is 3.03. The summed E-state index contributed by atoms with van der Waals surface area (Å²) in [6, 6.07) is 6.47. The zero-order chi connectivity index (χ0) is 18.0. The van der Waals surface area contributed by atoms with Gasteiger partial charge in [0.05, 0.1) is 6.54 Å². The van der Waals surface area contributed by atoms with E-state index < -0.39 is 5.91 Å². The van der Waals surface area contributed by atoms with Crippen LogP contribution in [0.2, 0.25) is 0 Å². The second-order valence-electron chi connectivity index (χ2n) is 6.28. The Bertz CT molecular complexity index is 799. The Balaban J connectivity index is 1.61. The van der Waals surface area contributed by atoms with Crippen LogP contribution in [-0.2, 0) is 17.9 Å². The van der Waals surface area contributed by atoms with Crippen molar-refractivity contribution in [1.82, 2.24) is 19.7 Å². The maximum atomic E-state index is 12.4. The van der Waals surface area contributed by atoms with E-state index in [1.807, 2.05) is 0 Å². The van der Waals surface area contributed by atoms with E-state index in [4.69, 9.17) is 10.5 Å². The van der Waals surface area contributed by atoms with Gasteiger partial charge in [0.2, 0.25) is 5.91 Å². The molecule has 0 bridgehead atoms. The van der Waals surface area contributed by atoms with E-state index in [9.17, 15) is 9.59 Å². The maximum absolute atomic E-state index is 12.4. The third kappa shape index (κ3) is 3.62. The molecule has 2 N–H and O–H groups in total. The number of rotatable bonds is 5. The van der Waals surface area contributed by atoms with Gasteiger partial charge in [-0.25, -0.2) is 0 Å². The quantitative estimate of drug-likeness (QED) is 0.869. The summed E-state index contributed by atoms with van der Waals surface area (Å²) in [7, 11) is 0. The summed E-state index contributed by atoms with van der Waals surface area (Å²) >= 11 is 0. The normalized spacial score (nSPS) is 13.6. The molecule has 132 valence electrons. The number of ether oxygens (including phenoxy) is 1. The number of carbonyl (C=O) groups excluding carboxylic acids is 2. The monoisotopic (exact) mass is 343 g/mol. The fraction of sp³-hybridized carbons (Fsp3) is 0.412. The van der Waals surface area contributed by atoms with E-state index in [1.165, 1.54) is 6.07 Å². The number of aromatic nitrogens is 3. The smallest absolute Gasteiger partial charge is 0.260 e. The molecule has 1 aromatic heterocycles. The first-order valence-electron chi connectivity index (χ1n) is 8.18. The Labute approximate surface area is 145 Å². The largest absolute Gasteiger partial charge is 0.484 e. The average molecular weight is 343 g/mol. The summed E-state index contributed by atoms with van der Waals surface area (Å²) < 4.78 is 7.58. The second-order valence-corrected chi connectivity index (χ2v) is 6.28. The molecule has 0 fully saturated rings. The summed E-state index contributed by atoms with van der Waals surface area (Å²) in [5, 5.41) is 8.40. The van der Waals surface area contributed by atoms with Crippen molar-refractivity contribution in [3.8, 4) is 5.75 Å². The van der Waals surface area contributed by atoms with E-state index in [2.05, 4.69) is 28.6 Å². The van der Waals surface area contributed by atoms with Gasteiger partial charge in [-0.3, -0.25) is 9.59 Å². The van der Waals surface area contributed by atoms with Crippen LogP contribution in [0.1, 0.15) is 41.8 Å². The maximum Gasteiger partial charge on any atom is 0.260 e. The summed E-state index contributed by atoms with van der Waals surface area (Å²) in [5.41, 5.74) is 5.58. The van der Waals surface area contributed by atoms with E-state index in [0.29, 0.717) is 36.9 Å². The Morgan fingerprint density at radius 1 is 1.28 bits per heavy atom. The van der Waals surface area contributed by atoms with E-state index in [-0.39, 0.29) is 12.5 Å². The SMILES string of the molecule is CC(C)c1nnc2n1CCN(C(=O)COc1cccc(C(N)=O)c1)C2. The molecule has 0 spiro atoms. The molecule has 0 saturated carbocycles. The molecule has 3 rings (SSSR count). The number of fused-ring (bicyclic) bond motifs is 1. The third-order valence-electron chi connectivity index (χ3n) is 4.13. The molecule has 0 unspecified atom stereocenters. The number of nitrogens with two attached hydrogens (primary N) is 1. The minimum absolute atomic E-state index is 0.104. The van der Waals surface area contributed by atoms with Gasteiger partial charge < -0.3 is 19.9 Å². The molecule has 8 nitrogen and oxygen atoms in total. The van der Waals surface area contributed by atoms with Crippen molar-refractivity contribution in [3.05, 3.63) is 41.5 Å². The summed E-state index contributed by atoms with van der Waals surface area (Å²) in [6.45, 7) is 5.73. The van der Waals surface area contributed by atoms with Gasteiger partial charge in [0.25, 0.3) is 5.91 Å². The van der Waals surface area contributed by atoms with E-state index in [1.54, 1.807) is 23.1 Å². The standard InChI is InChI=1S/C17H21N5O3/c1-11(2)17-20-19-14-9-21(6-7-22(14)17)15(23)10-25-13-5-3-4-12(8-13)16(18)24/h3-5,8,11H,6-7,9-10H2,1-2H3,(H2,18,24). The number of hydrogen-bond acceptors (Lipinski definition) is 5. The van der Waals surface area contributed by atoms with Crippen LogP contribution >= 0.6 is 0 Å². The topological polar surface area (TPSA) is 103 Å². The minimum Gasteiger partial charge on any atom is -0.484 e. The third-order valence-corrected chi connectivity index (χ3v) is 4.13. The molecule has 0 atom stereocenters. The molecule has 2 heterocycles. The van der Waals surface area contributed by atoms with E-state index >= 15 is 0 Å². The lowest BCUT2D eigenvalue weighted by atomic mass is 10.2. The summed E-state index contributed by atoms with van der Waals surface area (Å²) in [6.07, 6.45) is 0. The highest BCUT2D eigenvalue weighted by Crippen LogP contribution is 2.19. The predicted octanol–water partition coefficient (Wildman–Crippen LogP) is 0.922. The van der Waals surface area contributed by atoms with Gasteiger partial charge in [-0.1, -0.05) is 19.9 Å². The lowest BCUT2D eigenvalue weighted by Crippen LogP contribution is -2.41. The molecule has 25 heavy (non-hydrogen) atoms. The number of hydrogen-bond donors (Lipinski definition) is 1. The van der Waals surface area contributed by atoms with Crippen molar-refractivity contribution in [1.29, 1.82) is 0 Å². The molecule has 1 aromatic carbocycles. The van der Waals surface area contributed by atoms with Gasteiger partial charge in [-0.05, 0) is 18.2 Å². The number of nitrogens with zero attached hydrogens (tertiary/aromatic N) is 4. The first-order valence-corrected chi connectivity index (χ1v) is 8.18. The highest BCUT2D eigenvalue weighted by atomic mass is 16.5. The summed E-state index contributed by atoms with van der Waals surface area (Å²) in [4.78, 5) is 25.3.